The lowest BCUT2D eigenvalue weighted by Crippen LogP contribution is -1.98. The summed E-state index contributed by atoms with van der Waals surface area (Å²) >= 11 is 0. The predicted octanol–water partition coefficient (Wildman–Crippen LogP) is 2.26. The number of nitrogen functional groups attached to an aromatic ring is 1. The van der Waals surface area contributed by atoms with Crippen molar-refractivity contribution in [3.05, 3.63) is 30.1 Å². The minimum absolute atomic E-state index is 0.554. The summed E-state index contributed by atoms with van der Waals surface area (Å²) in [5.41, 5.74) is 7.63. The average molecular weight is 230 g/mol. The Bertz CT molecular complexity index is 514. The molecule has 4 heteroatoms. The summed E-state index contributed by atoms with van der Waals surface area (Å²) in [7, 11) is 1.90. The summed E-state index contributed by atoms with van der Waals surface area (Å²) in [5, 5.41) is 4.42. The molecule has 90 valence electrons. The zero-order chi connectivity index (χ0) is 12.4. The maximum absolute atomic E-state index is 5.95. The molecule has 1 heterocycles. The van der Waals surface area contributed by atoms with Crippen molar-refractivity contribution < 1.29 is 0 Å². The minimum Gasteiger partial charge on any atom is -0.398 e. The maximum atomic E-state index is 5.95. The number of benzene rings is 1. The number of para-hydroxylation sites is 1. The van der Waals surface area contributed by atoms with Crippen LogP contribution in [-0.2, 0) is 13.5 Å². The summed E-state index contributed by atoms with van der Waals surface area (Å²) < 4.78 is 1.80. The lowest BCUT2D eigenvalue weighted by Gasteiger charge is -2.02. The highest BCUT2D eigenvalue weighted by atomic mass is 15.3. The van der Waals surface area contributed by atoms with Gasteiger partial charge >= 0.3 is 0 Å². The number of aryl methyl sites for hydroxylation is 1. The molecule has 0 saturated carbocycles. The number of rotatable bonds is 3. The van der Waals surface area contributed by atoms with Gasteiger partial charge in [0.05, 0.1) is 0 Å². The fourth-order valence-electron chi connectivity index (χ4n) is 1.82. The summed E-state index contributed by atoms with van der Waals surface area (Å²) in [6.07, 6.45) is 0.889. The molecular formula is C13H18N4. The highest BCUT2D eigenvalue weighted by Crippen LogP contribution is 2.23. The van der Waals surface area contributed by atoms with Crippen LogP contribution in [0.5, 0.6) is 0 Å². The summed E-state index contributed by atoms with van der Waals surface area (Å²) in [6, 6.07) is 7.73. The van der Waals surface area contributed by atoms with Gasteiger partial charge in [0.25, 0.3) is 0 Å². The molecule has 1 aromatic carbocycles. The van der Waals surface area contributed by atoms with Gasteiger partial charge in [-0.3, -0.25) is 0 Å². The number of anilines is 1. The quantitative estimate of drug-likeness (QED) is 0.823. The highest BCUT2D eigenvalue weighted by molar-refractivity contribution is 5.71. The molecule has 0 aliphatic rings. The third-order valence-corrected chi connectivity index (χ3v) is 2.60. The molecule has 0 aliphatic carbocycles. The molecule has 0 spiro atoms. The minimum atomic E-state index is 0.554. The van der Waals surface area contributed by atoms with E-state index in [0.29, 0.717) is 5.92 Å². The molecule has 0 amide bonds. The van der Waals surface area contributed by atoms with E-state index in [-0.39, 0.29) is 0 Å². The van der Waals surface area contributed by atoms with E-state index in [1.165, 1.54) is 0 Å². The molecule has 0 atom stereocenters. The zero-order valence-electron chi connectivity index (χ0n) is 10.5. The van der Waals surface area contributed by atoms with Crippen molar-refractivity contribution >= 4 is 5.69 Å². The number of hydrogen-bond donors (Lipinski definition) is 1. The molecule has 0 radical (unpaired) electrons. The first-order valence-electron chi connectivity index (χ1n) is 5.82. The van der Waals surface area contributed by atoms with Gasteiger partial charge in [-0.1, -0.05) is 26.0 Å². The lowest BCUT2D eigenvalue weighted by molar-refractivity contribution is 0.613. The van der Waals surface area contributed by atoms with Crippen LogP contribution < -0.4 is 5.73 Å². The fourth-order valence-corrected chi connectivity index (χ4v) is 1.82. The van der Waals surface area contributed by atoms with Crippen LogP contribution in [0.2, 0.25) is 0 Å². The van der Waals surface area contributed by atoms with Gasteiger partial charge in [0.2, 0.25) is 0 Å². The van der Waals surface area contributed by atoms with Crippen molar-refractivity contribution in [3.8, 4) is 11.4 Å². The van der Waals surface area contributed by atoms with Gasteiger partial charge in [-0.15, -0.1) is 0 Å². The van der Waals surface area contributed by atoms with Crippen LogP contribution in [0.25, 0.3) is 11.4 Å². The molecule has 0 unspecified atom stereocenters. The first-order valence-corrected chi connectivity index (χ1v) is 5.82. The van der Waals surface area contributed by atoms with Crippen LogP contribution >= 0.6 is 0 Å². The van der Waals surface area contributed by atoms with Crippen molar-refractivity contribution in [1.29, 1.82) is 0 Å². The molecule has 2 N–H and O–H groups in total. The second-order valence-electron chi connectivity index (χ2n) is 4.66. The SMILES string of the molecule is CC(C)Cc1nc(-c2ccccc2N)n(C)n1. The Hall–Kier alpha value is -1.84. The topological polar surface area (TPSA) is 56.7 Å². The van der Waals surface area contributed by atoms with E-state index in [0.717, 1.165) is 29.3 Å². The monoisotopic (exact) mass is 230 g/mol. The molecule has 0 aliphatic heterocycles. The van der Waals surface area contributed by atoms with Crippen LogP contribution in [0.1, 0.15) is 19.7 Å². The standard InChI is InChI=1S/C13H18N4/c1-9(2)8-12-15-13(17(3)16-12)10-6-4-5-7-11(10)14/h4-7,9H,8,14H2,1-3H3. The third-order valence-electron chi connectivity index (χ3n) is 2.60. The average Bonchev–Trinajstić information content (AvgIpc) is 2.59. The van der Waals surface area contributed by atoms with Gasteiger partial charge < -0.3 is 5.73 Å². The number of nitrogens with zero attached hydrogens (tertiary/aromatic N) is 3. The second-order valence-corrected chi connectivity index (χ2v) is 4.66. The lowest BCUT2D eigenvalue weighted by atomic mass is 10.1. The Kier molecular flexibility index (Phi) is 3.13. The first-order chi connectivity index (χ1) is 8.08. The van der Waals surface area contributed by atoms with Gasteiger partial charge in [-0.05, 0) is 18.1 Å². The molecule has 0 fully saturated rings. The van der Waals surface area contributed by atoms with Crippen LogP contribution in [-0.4, -0.2) is 14.8 Å². The van der Waals surface area contributed by atoms with Crippen LogP contribution in [0.3, 0.4) is 0 Å². The van der Waals surface area contributed by atoms with Crippen molar-refractivity contribution in [3.63, 3.8) is 0 Å². The predicted molar refractivity (Wildman–Crippen MR) is 69.4 cm³/mol. The Morgan fingerprint density at radius 3 is 2.65 bits per heavy atom. The number of aromatic nitrogens is 3. The summed E-state index contributed by atoms with van der Waals surface area (Å²) in [6.45, 7) is 4.32. The van der Waals surface area contributed by atoms with E-state index < -0.39 is 0 Å². The Balaban J connectivity index is 2.40. The van der Waals surface area contributed by atoms with Crippen molar-refractivity contribution in [2.45, 2.75) is 20.3 Å². The van der Waals surface area contributed by atoms with Crippen molar-refractivity contribution in [2.24, 2.45) is 13.0 Å². The smallest absolute Gasteiger partial charge is 0.160 e. The van der Waals surface area contributed by atoms with E-state index in [9.17, 15) is 0 Å². The van der Waals surface area contributed by atoms with E-state index in [1.54, 1.807) is 4.68 Å². The second kappa shape index (κ2) is 4.57. The normalized spacial score (nSPS) is 11.1. The highest BCUT2D eigenvalue weighted by Gasteiger charge is 2.12. The molecule has 0 bridgehead atoms. The van der Waals surface area contributed by atoms with Gasteiger partial charge in [0, 0.05) is 24.7 Å². The van der Waals surface area contributed by atoms with Gasteiger partial charge in [-0.25, -0.2) is 9.67 Å². The van der Waals surface area contributed by atoms with Crippen molar-refractivity contribution in [2.75, 3.05) is 5.73 Å². The molecule has 17 heavy (non-hydrogen) atoms. The van der Waals surface area contributed by atoms with Gasteiger partial charge in [0.15, 0.2) is 11.6 Å². The largest absolute Gasteiger partial charge is 0.398 e. The van der Waals surface area contributed by atoms with Crippen LogP contribution in [0.4, 0.5) is 5.69 Å². The number of hydrogen-bond acceptors (Lipinski definition) is 3. The van der Waals surface area contributed by atoms with E-state index in [4.69, 9.17) is 5.73 Å². The Morgan fingerprint density at radius 1 is 1.29 bits per heavy atom. The van der Waals surface area contributed by atoms with Crippen LogP contribution in [0, 0.1) is 5.92 Å². The molecular weight excluding hydrogens is 212 g/mol. The third kappa shape index (κ3) is 2.46. The molecule has 1 aromatic heterocycles. The Labute approximate surface area is 101 Å². The van der Waals surface area contributed by atoms with Gasteiger partial charge in [0.1, 0.15) is 0 Å². The molecule has 2 aromatic rings. The fraction of sp³-hybridized carbons (Fsp3) is 0.385. The zero-order valence-corrected chi connectivity index (χ0v) is 10.5. The first kappa shape index (κ1) is 11.6. The van der Waals surface area contributed by atoms with E-state index >= 15 is 0 Å². The van der Waals surface area contributed by atoms with E-state index in [2.05, 4.69) is 23.9 Å². The Morgan fingerprint density at radius 2 is 2.00 bits per heavy atom. The molecule has 4 nitrogen and oxygen atoms in total. The van der Waals surface area contributed by atoms with Gasteiger partial charge in [-0.2, -0.15) is 5.10 Å². The van der Waals surface area contributed by atoms with E-state index in [1.807, 2.05) is 31.3 Å². The molecule has 2 rings (SSSR count). The van der Waals surface area contributed by atoms with Crippen molar-refractivity contribution in [1.82, 2.24) is 14.8 Å². The summed E-state index contributed by atoms with van der Waals surface area (Å²) in [4.78, 5) is 4.55. The molecule has 0 saturated heterocycles. The number of nitrogens with two attached hydrogens (primary N) is 1. The van der Waals surface area contributed by atoms with Crippen LogP contribution in [0.15, 0.2) is 24.3 Å². The summed E-state index contributed by atoms with van der Waals surface area (Å²) in [5.74, 6) is 2.26. The maximum Gasteiger partial charge on any atom is 0.160 e.